The van der Waals surface area contributed by atoms with Gasteiger partial charge < -0.3 is 14.5 Å². The molecule has 0 aromatic heterocycles. The zero-order chi connectivity index (χ0) is 8.20. The van der Waals surface area contributed by atoms with Crippen molar-refractivity contribution in [3.63, 3.8) is 0 Å². The Bertz CT molecular complexity index is 134. The van der Waals surface area contributed by atoms with E-state index in [-0.39, 0.29) is 0 Å². The van der Waals surface area contributed by atoms with E-state index in [0.717, 1.165) is 0 Å². The topological polar surface area (TPSA) is 78.8 Å². The van der Waals surface area contributed by atoms with Gasteiger partial charge in [0, 0.05) is 0 Å². The molecular weight excluding hydrogens is 159 g/mol. The van der Waals surface area contributed by atoms with Crippen molar-refractivity contribution < 1.29 is 23.6 Å². The SMILES string of the molecule is CC(C)OP(=O)([O-])OCO. The molecule has 0 heterocycles. The smallest absolute Gasteiger partial charge is 0.270 e. The average molecular weight is 169 g/mol. The van der Waals surface area contributed by atoms with Crippen molar-refractivity contribution in [3.05, 3.63) is 0 Å². The number of hydrogen-bond donors (Lipinski definition) is 1. The highest BCUT2D eigenvalue weighted by molar-refractivity contribution is 7.45. The van der Waals surface area contributed by atoms with Crippen molar-refractivity contribution in [2.75, 3.05) is 6.79 Å². The molecule has 5 nitrogen and oxygen atoms in total. The van der Waals surface area contributed by atoms with E-state index in [1.54, 1.807) is 13.8 Å². The van der Waals surface area contributed by atoms with E-state index in [9.17, 15) is 9.46 Å². The second kappa shape index (κ2) is 4.05. The molecule has 0 aromatic rings. The molecule has 0 rings (SSSR count). The zero-order valence-corrected chi connectivity index (χ0v) is 6.71. The number of phosphoric ester groups is 1. The molecular formula is C4H10O5P-. The third kappa shape index (κ3) is 4.90. The Morgan fingerprint density at radius 2 is 2.20 bits per heavy atom. The summed E-state index contributed by atoms with van der Waals surface area (Å²) in [5.74, 6) is 0. The van der Waals surface area contributed by atoms with Gasteiger partial charge in [0.2, 0.25) is 0 Å². The van der Waals surface area contributed by atoms with E-state index in [4.69, 9.17) is 5.11 Å². The Balaban J connectivity index is 3.75. The molecule has 0 fully saturated rings. The van der Waals surface area contributed by atoms with Crippen molar-refractivity contribution in [2.45, 2.75) is 20.0 Å². The largest absolute Gasteiger partial charge is 0.756 e. The normalized spacial score (nSPS) is 17.3. The van der Waals surface area contributed by atoms with Gasteiger partial charge in [0.05, 0.1) is 6.10 Å². The van der Waals surface area contributed by atoms with E-state index in [0.29, 0.717) is 0 Å². The highest BCUT2D eigenvalue weighted by Gasteiger charge is 2.09. The third-order valence-electron chi connectivity index (χ3n) is 0.556. The van der Waals surface area contributed by atoms with Crippen LogP contribution in [0.4, 0.5) is 0 Å². The van der Waals surface area contributed by atoms with E-state index in [1.165, 1.54) is 0 Å². The minimum Gasteiger partial charge on any atom is -0.756 e. The summed E-state index contributed by atoms with van der Waals surface area (Å²) in [4.78, 5) is 10.5. The van der Waals surface area contributed by atoms with Crippen LogP contribution in [-0.4, -0.2) is 18.0 Å². The molecule has 0 aliphatic heterocycles. The Labute approximate surface area is 59.2 Å². The van der Waals surface area contributed by atoms with Crippen molar-refractivity contribution >= 4 is 7.82 Å². The second-order valence-corrected chi connectivity index (χ2v) is 3.22. The maximum absolute atomic E-state index is 10.5. The van der Waals surface area contributed by atoms with Gasteiger partial charge in [0.25, 0.3) is 7.82 Å². The lowest BCUT2D eigenvalue weighted by Crippen LogP contribution is -2.12. The van der Waals surface area contributed by atoms with Crippen LogP contribution < -0.4 is 4.89 Å². The molecule has 0 aromatic carbocycles. The van der Waals surface area contributed by atoms with Gasteiger partial charge >= 0.3 is 0 Å². The molecule has 0 bridgehead atoms. The van der Waals surface area contributed by atoms with E-state index < -0.39 is 20.7 Å². The van der Waals surface area contributed by atoms with Crippen LogP contribution in [0, 0.1) is 0 Å². The molecule has 1 N–H and O–H groups in total. The summed E-state index contributed by atoms with van der Waals surface area (Å²) in [6, 6.07) is 0. The Morgan fingerprint density at radius 1 is 1.70 bits per heavy atom. The van der Waals surface area contributed by atoms with Crippen molar-refractivity contribution in [2.24, 2.45) is 0 Å². The summed E-state index contributed by atoms with van der Waals surface area (Å²) in [6.07, 6.45) is -0.463. The maximum Gasteiger partial charge on any atom is 0.270 e. The van der Waals surface area contributed by atoms with Crippen LogP contribution in [0.25, 0.3) is 0 Å². The van der Waals surface area contributed by atoms with Crippen LogP contribution in [-0.2, 0) is 13.6 Å². The second-order valence-electron chi connectivity index (χ2n) is 1.86. The lowest BCUT2D eigenvalue weighted by Gasteiger charge is -2.23. The number of aliphatic hydroxyl groups is 1. The Kier molecular flexibility index (Phi) is 4.08. The first-order chi connectivity index (χ1) is 4.48. The van der Waals surface area contributed by atoms with Crippen LogP contribution in [0.3, 0.4) is 0 Å². The molecule has 1 atom stereocenters. The minimum atomic E-state index is -4.25. The van der Waals surface area contributed by atoms with E-state index >= 15 is 0 Å². The molecule has 10 heavy (non-hydrogen) atoms. The van der Waals surface area contributed by atoms with Crippen LogP contribution >= 0.6 is 7.82 Å². The summed E-state index contributed by atoms with van der Waals surface area (Å²) in [5.41, 5.74) is 0. The van der Waals surface area contributed by atoms with Gasteiger partial charge in [-0.3, -0.25) is 9.09 Å². The number of phosphoric acid groups is 1. The lowest BCUT2D eigenvalue weighted by atomic mass is 10.5. The quantitative estimate of drug-likeness (QED) is 0.467. The molecule has 0 radical (unpaired) electrons. The Hall–Kier alpha value is 0.0700. The zero-order valence-electron chi connectivity index (χ0n) is 5.81. The van der Waals surface area contributed by atoms with Gasteiger partial charge in [-0.1, -0.05) is 0 Å². The molecule has 0 saturated heterocycles. The number of rotatable bonds is 4. The van der Waals surface area contributed by atoms with Crippen LogP contribution in [0.1, 0.15) is 13.8 Å². The summed E-state index contributed by atoms with van der Waals surface area (Å²) in [5, 5.41) is 8.04. The molecule has 0 aliphatic rings. The van der Waals surface area contributed by atoms with Gasteiger partial charge in [0.15, 0.2) is 6.79 Å². The molecule has 6 heteroatoms. The lowest BCUT2D eigenvalue weighted by molar-refractivity contribution is -0.233. The average Bonchev–Trinajstić information content (AvgIpc) is 1.59. The van der Waals surface area contributed by atoms with Crippen molar-refractivity contribution in [1.82, 2.24) is 0 Å². The fourth-order valence-electron chi connectivity index (χ4n) is 0.359. The summed E-state index contributed by atoms with van der Waals surface area (Å²) in [7, 11) is -4.25. The van der Waals surface area contributed by atoms with Crippen LogP contribution in [0.2, 0.25) is 0 Å². The standard InChI is InChI=1S/C4H11O5P/c1-4(2)9-10(6,7)8-3-5/h4-5H,3H2,1-2H3,(H,6,7)/p-1. The van der Waals surface area contributed by atoms with Gasteiger partial charge in [0.1, 0.15) is 0 Å². The fraction of sp³-hybridized carbons (Fsp3) is 1.00. The highest BCUT2D eigenvalue weighted by Crippen LogP contribution is 2.38. The maximum atomic E-state index is 10.5. The van der Waals surface area contributed by atoms with Crippen LogP contribution in [0.15, 0.2) is 0 Å². The van der Waals surface area contributed by atoms with Gasteiger partial charge in [-0.2, -0.15) is 0 Å². The number of aliphatic hydroxyl groups excluding tert-OH is 1. The first kappa shape index (κ1) is 10.1. The predicted octanol–water partition coefficient (Wildman–Crippen LogP) is -0.154. The molecule has 1 unspecified atom stereocenters. The van der Waals surface area contributed by atoms with Crippen molar-refractivity contribution in [3.8, 4) is 0 Å². The molecule has 0 spiro atoms. The number of hydrogen-bond acceptors (Lipinski definition) is 5. The molecule has 0 amide bonds. The predicted molar refractivity (Wildman–Crippen MR) is 32.0 cm³/mol. The van der Waals surface area contributed by atoms with Crippen LogP contribution in [0.5, 0.6) is 0 Å². The monoisotopic (exact) mass is 169 g/mol. The van der Waals surface area contributed by atoms with Gasteiger partial charge in [-0.15, -0.1) is 0 Å². The van der Waals surface area contributed by atoms with E-state index in [2.05, 4.69) is 9.05 Å². The third-order valence-corrected chi connectivity index (χ3v) is 1.67. The first-order valence-electron chi connectivity index (χ1n) is 2.73. The summed E-state index contributed by atoms with van der Waals surface area (Å²) >= 11 is 0. The molecule has 62 valence electrons. The molecule has 0 aliphatic carbocycles. The summed E-state index contributed by atoms with van der Waals surface area (Å²) in [6.45, 7) is 2.21. The molecule has 0 saturated carbocycles. The fourth-order valence-corrected chi connectivity index (χ4v) is 1.08. The Morgan fingerprint density at radius 3 is 2.50 bits per heavy atom. The minimum absolute atomic E-state index is 0.463. The van der Waals surface area contributed by atoms with E-state index in [1.807, 2.05) is 0 Å². The first-order valence-corrected chi connectivity index (χ1v) is 4.19. The van der Waals surface area contributed by atoms with Gasteiger partial charge in [-0.25, -0.2) is 0 Å². The summed E-state index contributed by atoms with van der Waals surface area (Å²) < 4.78 is 18.6. The van der Waals surface area contributed by atoms with Crippen molar-refractivity contribution in [1.29, 1.82) is 0 Å². The highest BCUT2D eigenvalue weighted by atomic mass is 31.2. The van der Waals surface area contributed by atoms with Gasteiger partial charge in [-0.05, 0) is 13.8 Å².